The first-order chi connectivity index (χ1) is 28.4. The lowest BCUT2D eigenvalue weighted by atomic mass is 9.56. The summed E-state index contributed by atoms with van der Waals surface area (Å²) >= 11 is 1.87. The number of aryl methyl sites for hydroxylation is 3. The molecule has 6 atom stereocenters. The Balaban J connectivity index is 1.36. The van der Waals surface area contributed by atoms with Crippen LogP contribution in [-0.4, -0.2) is 57.5 Å². The van der Waals surface area contributed by atoms with Gasteiger partial charge < -0.3 is 29.3 Å². The molecule has 1 fully saturated rings. The number of fused-ring (bicyclic) bond motifs is 2. The Morgan fingerprint density at radius 3 is 2.41 bits per heavy atom. The van der Waals surface area contributed by atoms with Crippen LogP contribution >= 0.6 is 11.8 Å². The van der Waals surface area contributed by atoms with E-state index in [1.807, 2.05) is 60.6 Å². The summed E-state index contributed by atoms with van der Waals surface area (Å²) in [6, 6.07) is 26.8. The molecular weight excluding hydrogens is 745 g/mol. The van der Waals surface area contributed by atoms with E-state index in [0.29, 0.717) is 19.6 Å². The fourth-order valence-corrected chi connectivity index (χ4v) is 10.5. The Morgan fingerprint density at radius 1 is 0.897 bits per heavy atom. The van der Waals surface area contributed by atoms with E-state index in [0.717, 1.165) is 90.4 Å². The number of aliphatic hydroxyl groups is 2. The maximum absolute atomic E-state index is 9.97. The lowest BCUT2D eigenvalue weighted by molar-refractivity contribution is -0.223. The molecule has 0 bridgehead atoms. The monoisotopic (exact) mass is 802 g/mol. The number of hydrogen-bond acceptors (Lipinski definition) is 9. The first kappa shape index (κ1) is 41.7. The topological polar surface area (TPSA) is 103 Å². The van der Waals surface area contributed by atoms with Crippen molar-refractivity contribution >= 4 is 17.5 Å². The van der Waals surface area contributed by atoms with Crippen LogP contribution in [0.15, 0.2) is 121 Å². The SMILES string of the molecule is C=CCOC12Oc3ccc(Oc4ccc(C)c(C)c4)cc3C3C(CCCCO)C(CCCCO)C=C(C(=NOCc4ccccc4)CC1SCCc1ccncc1)C32. The molecule has 8 nitrogen and oxygen atoms in total. The summed E-state index contributed by atoms with van der Waals surface area (Å²) < 4.78 is 21.1. The second-order valence-corrected chi connectivity index (χ2v) is 17.1. The zero-order valence-corrected chi connectivity index (χ0v) is 34.7. The molecule has 58 heavy (non-hydrogen) atoms. The van der Waals surface area contributed by atoms with E-state index in [9.17, 15) is 10.2 Å². The minimum Gasteiger partial charge on any atom is -0.460 e. The van der Waals surface area contributed by atoms with Crippen LogP contribution in [-0.2, 0) is 22.6 Å². The molecule has 1 aromatic heterocycles. The average Bonchev–Trinajstić information content (AvgIpc) is 3.24. The number of thioether (sulfide) groups is 1. The van der Waals surface area contributed by atoms with Gasteiger partial charge in [-0.15, -0.1) is 6.58 Å². The Labute approximate surface area is 348 Å². The third-order valence-electron chi connectivity index (χ3n) is 12.0. The molecule has 2 N–H and O–H groups in total. The fraction of sp³-hybridized carbons (Fsp3) is 0.429. The van der Waals surface area contributed by atoms with Gasteiger partial charge in [-0.3, -0.25) is 4.98 Å². The number of aromatic nitrogens is 1. The lowest BCUT2D eigenvalue weighted by Crippen LogP contribution is -2.64. The normalized spacial score (nSPS) is 24.0. The van der Waals surface area contributed by atoms with Crippen LogP contribution in [0.4, 0.5) is 0 Å². The van der Waals surface area contributed by atoms with Gasteiger partial charge in [-0.05, 0) is 134 Å². The number of oxime groups is 1. The number of hydrogen-bond donors (Lipinski definition) is 2. The van der Waals surface area contributed by atoms with Crippen LogP contribution in [0.3, 0.4) is 0 Å². The molecule has 2 aliphatic carbocycles. The highest BCUT2D eigenvalue weighted by molar-refractivity contribution is 8.00. The van der Waals surface area contributed by atoms with E-state index in [1.165, 1.54) is 16.7 Å². The van der Waals surface area contributed by atoms with Crippen molar-refractivity contribution in [1.29, 1.82) is 0 Å². The third-order valence-corrected chi connectivity index (χ3v) is 13.4. The van der Waals surface area contributed by atoms with E-state index in [1.54, 1.807) is 0 Å². The maximum atomic E-state index is 9.97. The van der Waals surface area contributed by atoms with E-state index in [-0.39, 0.29) is 42.1 Å². The van der Waals surface area contributed by atoms with Gasteiger partial charge in [0.15, 0.2) is 0 Å². The molecule has 1 saturated carbocycles. The van der Waals surface area contributed by atoms with Gasteiger partial charge in [-0.1, -0.05) is 66.5 Å². The van der Waals surface area contributed by atoms with Crippen LogP contribution in [0.1, 0.15) is 78.7 Å². The number of nitrogens with zero attached hydrogens (tertiary/aromatic N) is 2. The van der Waals surface area contributed by atoms with Crippen molar-refractivity contribution in [3.05, 3.63) is 143 Å². The van der Waals surface area contributed by atoms with Crippen LogP contribution in [0, 0.1) is 31.6 Å². The highest BCUT2D eigenvalue weighted by Crippen LogP contribution is 2.62. The van der Waals surface area contributed by atoms with Gasteiger partial charge in [0.05, 0.1) is 23.5 Å². The van der Waals surface area contributed by atoms with Crippen LogP contribution < -0.4 is 9.47 Å². The van der Waals surface area contributed by atoms with Gasteiger partial charge in [0.25, 0.3) is 0 Å². The zero-order chi connectivity index (χ0) is 40.3. The van der Waals surface area contributed by atoms with Crippen molar-refractivity contribution in [3.63, 3.8) is 0 Å². The number of unbranched alkanes of at least 4 members (excludes halogenated alkanes) is 2. The first-order valence-corrected chi connectivity index (χ1v) is 22.0. The molecule has 0 radical (unpaired) electrons. The summed E-state index contributed by atoms with van der Waals surface area (Å²) in [4.78, 5) is 10.5. The lowest BCUT2D eigenvalue weighted by Gasteiger charge is -2.58. The van der Waals surface area contributed by atoms with Crippen molar-refractivity contribution < 1.29 is 29.3 Å². The predicted octanol–water partition coefficient (Wildman–Crippen LogP) is 10.3. The average molecular weight is 803 g/mol. The summed E-state index contributed by atoms with van der Waals surface area (Å²) in [7, 11) is 0. The quantitative estimate of drug-likeness (QED) is 0.0517. The molecule has 9 heteroatoms. The highest BCUT2D eigenvalue weighted by Gasteiger charge is 2.64. The molecule has 3 aromatic carbocycles. The predicted molar refractivity (Wildman–Crippen MR) is 233 cm³/mol. The molecular formula is C49H58N2O6S. The van der Waals surface area contributed by atoms with Crippen molar-refractivity contribution in [2.24, 2.45) is 22.9 Å². The smallest absolute Gasteiger partial charge is 0.230 e. The number of aliphatic hydroxyl groups excluding tert-OH is 2. The Morgan fingerprint density at radius 2 is 1.66 bits per heavy atom. The van der Waals surface area contributed by atoms with Gasteiger partial charge in [0.2, 0.25) is 5.79 Å². The summed E-state index contributed by atoms with van der Waals surface area (Å²) in [5.41, 5.74) is 7.83. The van der Waals surface area contributed by atoms with Crippen molar-refractivity contribution in [2.75, 3.05) is 25.6 Å². The van der Waals surface area contributed by atoms with Crippen molar-refractivity contribution in [1.82, 2.24) is 4.98 Å². The minimum absolute atomic E-state index is 0.0161. The number of rotatable bonds is 20. The number of ether oxygens (including phenoxy) is 3. The minimum atomic E-state index is -1.03. The van der Waals surface area contributed by atoms with Gasteiger partial charge in [-0.25, -0.2) is 0 Å². The van der Waals surface area contributed by atoms with Crippen LogP contribution in [0.25, 0.3) is 0 Å². The van der Waals surface area contributed by atoms with Gasteiger partial charge >= 0.3 is 0 Å². The van der Waals surface area contributed by atoms with Gasteiger partial charge in [-0.2, -0.15) is 11.8 Å². The summed E-state index contributed by atoms with van der Waals surface area (Å²) in [5, 5.41) is 24.7. The van der Waals surface area contributed by atoms with Crippen LogP contribution in [0.5, 0.6) is 17.2 Å². The van der Waals surface area contributed by atoms with Gasteiger partial charge in [0, 0.05) is 43.5 Å². The summed E-state index contributed by atoms with van der Waals surface area (Å²) in [6.07, 6.45) is 14.6. The third kappa shape index (κ3) is 9.55. The van der Waals surface area contributed by atoms with Crippen molar-refractivity contribution in [3.8, 4) is 17.2 Å². The zero-order valence-electron chi connectivity index (χ0n) is 33.9. The Bertz CT molecular complexity index is 2020. The summed E-state index contributed by atoms with van der Waals surface area (Å²) in [6.45, 7) is 9.30. The second kappa shape index (κ2) is 20.0. The molecule has 0 amide bonds. The molecule has 3 aliphatic rings. The molecule has 1 aliphatic heterocycles. The largest absolute Gasteiger partial charge is 0.460 e. The Kier molecular flexibility index (Phi) is 14.4. The molecule has 4 aromatic rings. The van der Waals surface area contributed by atoms with E-state index >= 15 is 0 Å². The summed E-state index contributed by atoms with van der Waals surface area (Å²) in [5.74, 6) is 2.36. The molecule has 0 spiro atoms. The van der Waals surface area contributed by atoms with E-state index in [4.69, 9.17) is 24.2 Å². The number of allylic oxidation sites excluding steroid dienone is 1. The van der Waals surface area contributed by atoms with Crippen LogP contribution in [0.2, 0.25) is 0 Å². The first-order valence-electron chi connectivity index (χ1n) is 20.9. The van der Waals surface area contributed by atoms with E-state index in [2.05, 4.69) is 80.0 Å². The van der Waals surface area contributed by atoms with Crippen molar-refractivity contribution in [2.45, 2.75) is 88.8 Å². The molecule has 0 saturated heterocycles. The fourth-order valence-electron chi connectivity index (χ4n) is 9.08. The molecule has 6 unspecified atom stereocenters. The van der Waals surface area contributed by atoms with E-state index < -0.39 is 5.79 Å². The number of benzene rings is 3. The molecule has 2 heterocycles. The maximum Gasteiger partial charge on any atom is 0.230 e. The number of pyridine rings is 1. The highest BCUT2D eigenvalue weighted by atomic mass is 32.2. The second-order valence-electron chi connectivity index (χ2n) is 15.8. The molecule has 306 valence electrons. The standard InChI is InChI=1S/C49H58N2O6S/c1-4-27-54-49-46(58-28-22-36-20-23-50-24-21-36)32-44(51-55-33-37-12-6-5-7-13-37)42-30-38(14-8-10-25-52)41(15-9-11-26-53)47(48(42)49)43-31-40(18-19-45(43)57-49)56-39-17-16-34(2)35(3)29-39/h4-7,12-13,16-21,23-24,29-31,38,41,46-48,52-53H,1,8-11,14-15,22,25-28,32-33H2,2-3H3. The Hall–Kier alpha value is -4.41. The van der Waals surface area contributed by atoms with Gasteiger partial charge in [0.1, 0.15) is 23.9 Å². The molecule has 7 rings (SSSR count).